The minimum absolute atomic E-state index is 0.144. The second-order valence-corrected chi connectivity index (χ2v) is 5.97. The molecule has 0 spiro atoms. The Labute approximate surface area is 150 Å². The summed E-state index contributed by atoms with van der Waals surface area (Å²) >= 11 is 3.39. The summed E-state index contributed by atoms with van der Waals surface area (Å²) in [4.78, 5) is 11.9. The normalized spacial score (nSPS) is 11.0. The largest absolute Gasteiger partial charge is 0.494 e. The molecule has 24 heavy (non-hydrogen) atoms. The number of rotatable bonds is 7. The number of anilines is 1. The molecular formula is C18H20BrN3O2. The van der Waals surface area contributed by atoms with Crippen molar-refractivity contribution in [2.45, 2.75) is 13.8 Å². The van der Waals surface area contributed by atoms with Gasteiger partial charge in [-0.15, -0.1) is 0 Å². The molecular weight excluding hydrogens is 370 g/mol. The fraction of sp³-hybridized carbons (Fsp3) is 0.222. The van der Waals surface area contributed by atoms with Crippen LogP contribution in [0.25, 0.3) is 0 Å². The highest BCUT2D eigenvalue weighted by Gasteiger charge is 2.02. The molecule has 0 aliphatic rings. The molecule has 0 saturated carbocycles. The number of hydrogen-bond acceptors (Lipinski definition) is 4. The van der Waals surface area contributed by atoms with Crippen molar-refractivity contribution in [1.29, 1.82) is 0 Å². The molecule has 6 heteroatoms. The molecule has 2 aromatic carbocycles. The summed E-state index contributed by atoms with van der Waals surface area (Å²) < 4.78 is 6.38. The molecule has 0 unspecified atom stereocenters. The minimum atomic E-state index is -0.208. The first kappa shape index (κ1) is 18.0. The number of hydrogen-bond donors (Lipinski definition) is 2. The van der Waals surface area contributed by atoms with Gasteiger partial charge in [0.15, 0.2) is 0 Å². The van der Waals surface area contributed by atoms with Crippen LogP contribution in [0.4, 0.5) is 5.69 Å². The van der Waals surface area contributed by atoms with Gasteiger partial charge >= 0.3 is 0 Å². The lowest BCUT2D eigenvalue weighted by molar-refractivity contribution is -0.119. The van der Waals surface area contributed by atoms with E-state index < -0.39 is 0 Å². The number of amides is 1. The first-order valence-corrected chi connectivity index (χ1v) is 8.43. The summed E-state index contributed by atoms with van der Waals surface area (Å²) in [5, 5.41) is 7.16. The molecule has 2 N–H and O–H groups in total. The van der Waals surface area contributed by atoms with Crippen LogP contribution < -0.4 is 15.5 Å². The van der Waals surface area contributed by atoms with Crippen molar-refractivity contribution in [2.24, 2.45) is 5.10 Å². The molecule has 1 amide bonds. The van der Waals surface area contributed by atoms with Gasteiger partial charge in [-0.25, -0.2) is 5.43 Å². The molecule has 0 aliphatic carbocycles. The molecule has 0 saturated heterocycles. The van der Waals surface area contributed by atoms with E-state index in [1.165, 1.54) is 0 Å². The number of hydrazone groups is 1. The first-order valence-electron chi connectivity index (χ1n) is 7.64. The first-order chi connectivity index (χ1) is 11.6. The van der Waals surface area contributed by atoms with Gasteiger partial charge in [-0.1, -0.05) is 28.1 Å². The maximum Gasteiger partial charge on any atom is 0.259 e. The summed E-state index contributed by atoms with van der Waals surface area (Å²) in [6, 6.07) is 15.2. The quantitative estimate of drug-likeness (QED) is 0.559. The van der Waals surface area contributed by atoms with Gasteiger partial charge in [-0.3, -0.25) is 4.79 Å². The van der Waals surface area contributed by atoms with Gasteiger partial charge in [0.1, 0.15) is 5.75 Å². The van der Waals surface area contributed by atoms with Gasteiger partial charge in [0.2, 0.25) is 0 Å². The fourth-order valence-corrected chi connectivity index (χ4v) is 2.22. The molecule has 0 heterocycles. The van der Waals surface area contributed by atoms with E-state index in [0.29, 0.717) is 6.61 Å². The lowest BCUT2D eigenvalue weighted by Crippen LogP contribution is -2.26. The van der Waals surface area contributed by atoms with E-state index in [-0.39, 0.29) is 12.5 Å². The maximum atomic E-state index is 11.9. The molecule has 126 valence electrons. The Kier molecular flexibility index (Phi) is 6.81. The Balaban J connectivity index is 1.82. The van der Waals surface area contributed by atoms with Crippen molar-refractivity contribution in [3.8, 4) is 5.75 Å². The van der Waals surface area contributed by atoms with Crippen LogP contribution in [-0.2, 0) is 4.79 Å². The zero-order chi connectivity index (χ0) is 17.4. The number of nitrogens with one attached hydrogen (secondary N) is 2. The van der Waals surface area contributed by atoms with Crippen LogP contribution in [0.1, 0.15) is 19.4 Å². The third-order valence-electron chi connectivity index (χ3n) is 3.23. The van der Waals surface area contributed by atoms with Gasteiger partial charge in [-0.05, 0) is 55.8 Å². The number of carbonyl (C=O) groups is 1. The second-order valence-electron chi connectivity index (χ2n) is 5.05. The van der Waals surface area contributed by atoms with Crippen LogP contribution in [0.15, 0.2) is 58.1 Å². The van der Waals surface area contributed by atoms with E-state index in [1.807, 2.05) is 62.4 Å². The van der Waals surface area contributed by atoms with E-state index in [4.69, 9.17) is 4.74 Å². The Morgan fingerprint density at radius 2 is 1.79 bits per heavy atom. The van der Waals surface area contributed by atoms with Crippen LogP contribution in [0, 0.1) is 0 Å². The summed E-state index contributed by atoms with van der Waals surface area (Å²) in [6.45, 7) is 4.56. The van der Waals surface area contributed by atoms with Crippen LogP contribution in [-0.4, -0.2) is 24.8 Å². The van der Waals surface area contributed by atoms with Crippen LogP contribution in [0.5, 0.6) is 5.75 Å². The Hall–Kier alpha value is -2.34. The van der Waals surface area contributed by atoms with E-state index >= 15 is 0 Å². The van der Waals surface area contributed by atoms with Crippen molar-refractivity contribution < 1.29 is 9.53 Å². The van der Waals surface area contributed by atoms with E-state index in [0.717, 1.165) is 27.2 Å². The van der Waals surface area contributed by atoms with Gasteiger partial charge in [0, 0.05) is 10.2 Å². The van der Waals surface area contributed by atoms with Gasteiger partial charge in [0.25, 0.3) is 5.91 Å². The number of nitrogens with zero attached hydrogens (tertiary/aromatic N) is 1. The van der Waals surface area contributed by atoms with Crippen molar-refractivity contribution in [2.75, 3.05) is 18.5 Å². The third-order valence-corrected chi connectivity index (χ3v) is 3.76. The standard InChI is InChI=1S/C18H20BrN3O2/c1-3-24-17-10-8-16(9-11-17)20-12-18(23)22-21-13(2)14-4-6-15(19)7-5-14/h4-11,20H,3,12H2,1-2H3,(H,22,23)/b21-13+. The molecule has 0 aliphatic heterocycles. The van der Waals surface area contributed by atoms with Crippen molar-refractivity contribution >= 4 is 33.2 Å². The molecule has 0 aromatic heterocycles. The average Bonchev–Trinajstić information content (AvgIpc) is 2.60. The Morgan fingerprint density at radius 1 is 1.12 bits per heavy atom. The van der Waals surface area contributed by atoms with Crippen molar-refractivity contribution in [3.05, 3.63) is 58.6 Å². The minimum Gasteiger partial charge on any atom is -0.494 e. The summed E-state index contributed by atoms with van der Waals surface area (Å²) in [5.74, 6) is 0.600. The summed E-state index contributed by atoms with van der Waals surface area (Å²) in [7, 11) is 0. The van der Waals surface area contributed by atoms with Gasteiger partial charge in [0.05, 0.1) is 18.9 Å². The monoisotopic (exact) mass is 389 g/mol. The van der Waals surface area contributed by atoms with Gasteiger partial charge in [-0.2, -0.15) is 5.10 Å². The fourth-order valence-electron chi connectivity index (χ4n) is 1.96. The van der Waals surface area contributed by atoms with E-state index in [9.17, 15) is 4.79 Å². The molecule has 2 rings (SSSR count). The zero-order valence-electron chi connectivity index (χ0n) is 13.7. The lowest BCUT2D eigenvalue weighted by atomic mass is 10.1. The highest BCUT2D eigenvalue weighted by atomic mass is 79.9. The molecule has 0 radical (unpaired) electrons. The van der Waals surface area contributed by atoms with Crippen LogP contribution >= 0.6 is 15.9 Å². The number of halogens is 1. The average molecular weight is 390 g/mol. The molecule has 0 fully saturated rings. The lowest BCUT2D eigenvalue weighted by Gasteiger charge is -2.07. The van der Waals surface area contributed by atoms with Crippen LogP contribution in [0.3, 0.4) is 0 Å². The topological polar surface area (TPSA) is 62.7 Å². The van der Waals surface area contributed by atoms with Crippen molar-refractivity contribution in [1.82, 2.24) is 5.43 Å². The van der Waals surface area contributed by atoms with E-state index in [2.05, 4.69) is 31.8 Å². The van der Waals surface area contributed by atoms with Gasteiger partial charge < -0.3 is 10.1 Å². The highest BCUT2D eigenvalue weighted by Crippen LogP contribution is 2.15. The maximum absolute atomic E-state index is 11.9. The predicted molar refractivity (Wildman–Crippen MR) is 101 cm³/mol. The molecule has 0 atom stereocenters. The van der Waals surface area contributed by atoms with Crippen LogP contribution in [0.2, 0.25) is 0 Å². The zero-order valence-corrected chi connectivity index (χ0v) is 15.3. The third kappa shape index (κ3) is 5.70. The van der Waals surface area contributed by atoms with Crippen molar-refractivity contribution in [3.63, 3.8) is 0 Å². The number of ether oxygens (including phenoxy) is 1. The Bertz CT molecular complexity index is 697. The van der Waals surface area contributed by atoms with E-state index in [1.54, 1.807) is 0 Å². The summed E-state index contributed by atoms with van der Waals surface area (Å²) in [6.07, 6.45) is 0. The SMILES string of the molecule is CCOc1ccc(NCC(=O)N/N=C(\C)c2ccc(Br)cc2)cc1. The molecule has 0 bridgehead atoms. The molecule has 2 aromatic rings. The number of carbonyl (C=O) groups excluding carboxylic acids is 1. The Morgan fingerprint density at radius 3 is 2.42 bits per heavy atom. The molecule has 5 nitrogen and oxygen atoms in total. The highest BCUT2D eigenvalue weighted by molar-refractivity contribution is 9.10. The second kappa shape index (κ2) is 9.08. The number of benzene rings is 2. The predicted octanol–water partition coefficient (Wildman–Crippen LogP) is 3.80. The smallest absolute Gasteiger partial charge is 0.259 e. The summed E-state index contributed by atoms with van der Waals surface area (Å²) in [5.41, 5.74) is 5.10.